The number of thioether (sulfide) groups is 1. The second-order valence-corrected chi connectivity index (χ2v) is 10.2. The zero-order valence-corrected chi connectivity index (χ0v) is 20.0. The molecule has 2 aromatic rings. The van der Waals surface area contributed by atoms with E-state index in [1.165, 1.54) is 11.0 Å². The topological polar surface area (TPSA) is 57.6 Å². The lowest BCUT2D eigenvalue weighted by molar-refractivity contribution is -0.147. The maximum atomic E-state index is 13.6. The van der Waals surface area contributed by atoms with Crippen LogP contribution in [-0.2, 0) is 15.8 Å². The molecule has 0 aromatic heterocycles. The van der Waals surface area contributed by atoms with Crippen molar-refractivity contribution in [1.82, 2.24) is 4.90 Å². The maximum Gasteiger partial charge on any atom is 0.419 e. The normalized spacial score (nSPS) is 19.4. The van der Waals surface area contributed by atoms with E-state index in [0.29, 0.717) is 11.1 Å². The molecule has 1 aliphatic heterocycles. The minimum Gasteiger partial charge on any atom is -0.480 e. The molecule has 10 heteroatoms. The number of hydrogen-bond donors (Lipinski definition) is 1. The van der Waals surface area contributed by atoms with Gasteiger partial charge in [0.05, 0.1) is 10.5 Å². The lowest BCUT2D eigenvalue weighted by atomic mass is 9.83. The molecule has 2 aromatic carbocycles. The number of hydrogen-bond acceptors (Lipinski definition) is 4. The number of nitrogens with zero attached hydrogens (tertiary/aromatic N) is 1. The first-order chi connectivity index (χ1) is 16.6. The first-order valence-corrected chi connectivity index (χ1v) is 12.3. The molecule has 184 valence electrons. The van der Waals surface area contributed by atoms with Gasteiger partial charge in [-0.25, -0.2) is 9.18 Å². The zero-order chi connectivity index (χ0) is 25.3. The Labute approximate surface area is 209 Å². The molecule has 1 saturated heterocycles. The lowest BCUT2D eigenvalue weighted by Crippen LogP contribution is -2.48. The highest BCUT2D eigenvalue weighted by Crippen LogP contribution is 2.39. The SMILES string of the molecule is O=C(O)[C@@H](C1CCCCC1)N1C(=O)/C(=C/c2ccc(-c3ccc(F)c(C(F)(F)F)c3)cc2)SC1=S. The van der Waals surface area contributed by atoms with Crippen LogP contribution in [0.3, 0.4) is 0 Å². The van der Waals surface area contributed by atoms with E-state index in [2.05, 4.69) is 0 Å². The van der Waals surface area contributed by atoms with Gasteiger partial charge in [0.2, 0.25) is 0 Å². The number of carbonyl (C=O) groups excluding carboxylic acids is 1. The summed E-state index contributed by atoms with van der Waals surface area (Å²) < 4.78 is 52.9. The summed E-state index contributed by atoms with van der Waals surface area (Å²) in [6, 6.07) is 8.18. The van der Waals surface area contributed by atoms with Crippen LogP contribution in [0.25, 0.3) is 17.2 Å². The largest absolute Gasteiger partial charge is 0.480 e. The number of benzene rings is 2. The number of aliphatic carboxylic acids is 1. The minimum absolute atomic E-state index is 0.153. The molecule has 4 nitrogen and oxygen atoms in total. The average molecular weight is 524 g/mol. The molecule has 1 amide bonds. The van der Waals surface area contributed by atoms with Gasteiger partial charge in [-0.3, -0.25) is 9.69 Å². The molecule has 0 bridgehead atoms. The van der Waals surface area contributed by atoms with Crippen molar-refractivity contribution in [2.75, 3.05) is 0 Å². The van der Waals surface area contributed by atoms with Crippen LogP contribution in [-0.4, -0.2) is 32.2 Å². The molecule has 35 heavy (non-hydrogen) atoms. The van der Waals surface area contributed by atoms with E-state index in [0.717, 1.165) is 56.0 Å². The molecule has 2 aliphatic rings. The summed E-state index contributed by atoms with van der Waals surface area (Å²) in [4.78, 5) is 26.6. The van der Waals surface area contributed by atoms with E-state index in [1.54, 1.807) is 30.3 Å². The predicted molar refractivity (Wildman–Crippen MR) is 130 cm³/mol. The van der Waals surface area contributed by atoms with Crippen molar-refractivity contribution in [2.45, 2.75) is 44.3 Å². The number of carboxylic acid groups (broad SMARTS) is 1. The Morgan fingerprint density at radius 3 is 2.31 bits per heavy atom. The third-order valence-corrected chi connectivity index (χ3v) is 7.60. The van der Waals surface area contributed by atoms with Crippen LogP contribution in [0.2, 0.25) is 0 Å². The van der Waals surface area contributed by atoms with Gasteiger partial charge in [-0.05, 0) is 53.7 Å². The van der Waals surface area contributed by atoms with Crippen molar-refractivity contribution < 1.29 is 32.3 Å². The van der Waals surface area contributed by atoms with Crippen LogP contribution in [0.15, 0.2) is 47.4 Å². The van der Waals surface area contributed by atoms with E-state index in [9.17, 15) is 32.3 Å². The second-order valence-electron chi connectivity index (χ2n) is 8.55. The Bertz CT molecular complexity index is 1190. The quantitative estimate of drug-likeness (QED) is 0.267. The average Bonchev–Trinajstić information content (AvgIpc) is 3.08. The summed E-state index contributed by atoms with van der Waals surface area (Å²) in [5.41, 5.74) is -0.0949. The summed E-state index contributed by atoms with van der Waals surface area (Å²) >= 11 is 6.39. The molecule has 4 rings (SSSR count). The predicted octanol–water partition coefficient (Wildman–Crippen LogP) is 6.75. The van der Waals surface area contributed by atoms with Gasteiger partial charge >= 0.3 is 12.1 Å². The molecular weight excluding hydrogens is 502 g/mol. The van der Waals surface area contributed by atoms with Crippen LogP contribution in [0.5, 0.6) is 0 Å². The van der Waals surface area contributed by atoms with Crippen molar-refractivity contribution in [2.24, 2.45) is 5.92 Å². The maximum absolute atomic E-state index is 13.6. The van der Waals surface area contributed by atoms with Crippen LogP contribution < -0.4 is 0 Å². The number of alkyl halides is 3. The lowest BCUT2D eigenvalue weighted by Gasteiger charge is -2.32. The highest BCUT2D eigenvalue weighted by molar-refractivity contribution is 8.26. The molecule has 2 fully saturated rings. The molecule has 1 atom stereocenters. The number of carbonyl (C=O) groups is 2. The summed E-state index contributed by atoms with van der Waals surface area (Å²) in [6.45, 7) is 0. The highest BCUT2D eigenvalue weighted by Gasteiger charge is 2.44. The van der Waals surface area contributed by atoms with Crippen LogP contribution in [0, 0.1) is 11.7 Å². The number of carboxylic acids is 1. The number of thiocarbonyl (C=S) groups is 1. The Kier molecular flexibility index (Phi) is 7.32. The van der Waals surface area contributed by atoms with E-state index in [-0.39, 0.29) is 20.7 Å². The Morgan fingerprint density at radius 1 is 1.09 bits per heavy atom. The number of halogens is 4. The molecule has 1 heterocycles. The fourth-order valence-electron chi connectivity index (χ4n) is 4.54. The number of amides is 1. The molecular formula is C25H21F4NO3S2. The summed E-state index contributed by atoms with van der Waals surface area (Å²) in [5, 5.41) is 9.85. The van der Waals surface area contributed by atoms with Crippen molar-refractivity contribution in [3.05, 3.63) is 64.3 Å². The number of rotatable bonds is 5. The van der Waals surface area contributed by atoms with Gasteiger partial charge in [-0.1, -0.05) is 73.6 Å². The van der Waals surface area contributed by atoms with Crippen LogP contribution >= 0.6 is 24.0 Å². The first kappa shape index (κ1) is 25.4. The Balaban J connectivity index is 1.56. The zero-order valence-electron chi connectivity index (χ0n) is 18.3. The standard InChI is InChI=1S/C25H21F4NO3S2/c26-19-11-10-17(13-18(19)25(27,28)29)15-8-6-14(7-9-15)12-20-22(31)30(24(34)35-20)21(23(32)33)16-4-2-1-3-5-16/h6-13,16,21H,1-5H2,(H,32,33)/b20-12-/t21-/m1/s1. The molecule has 1 saturated carbocycles. The molecule has 1 aliphatic carbocycles. The minimum atomic E-state index is -4.81. The van der Waals surface area contributed by atoms with Gasteiger partial charge < -0.3 is 5.11 Å². The van der Waals surface area contributed by atoms with Gasteiger partial charge in [0.15, 0.2) is 0 Å². The summed E-state index contributed by atoms with van der Waals surface area (Å²) in [6.07, 6.45) is 1.12. The van der Waals surface area contributed by atoms with Gasteiger partial charge in [0.1, 0.15) is 16.2 Å². The molecule has 0 unspecified atom stereocenters. The third-order valence-electron chi connectivity index (χ3n) is 6.26. The Hall–Kier alpha value is -2.72. The van der Waals surface area contributed by atoms with E-state index in [1.807, 2.05) is 0 Å². The van der Waals surface area contributed by atoms with E-state index >= 15 is 0 Å². The Morgan fingerprint density at radius 2 is 1.71 bits per heavy atom. The summed E-state index contributed by atoms with van der Waals surface area (Å²) in [7, 11) is 0. The monoisotopic (exact) mass is 523 g/mol. The smallest absolute Gasteiger partial charge is 0.419 e. The fourth-order valence-corrected chi connectivity index (χ4v) is 5.87. The van der Waals surface area contributed by atoms with E-state index < -0.39 is 35.5 Å². The van der Waals surface area contributed by atoms with Gasteiger partial charge in [-0.15, -0.1) is 0 Å². The van der Waals surface area contributed by atoms with Gasteiger partial charge in [0.25, 0.3) is 5.91 Å². The molecule has 1 N–H and O–H groups in total. The van der Waals surface area contributed by atoms with Crippen molar-refractivity contribution in [1.29, 1.82) is 0 Å². The third kappa shape index (κ3) is 5.43. The molecule has 0 spiro atoms. The first-order valence-electron chi connectivity index (χ1n) is 11.0. The van der Waals surface area contributed by atoms with Gasteiger partial charge in [-0.2, -0.15) is 13.2 Å². The highest BCUT2D eigenvalue weighted by atomic mass is 32.2. The molecule has 0 radical (unpaired) electrons. The van der Waals surface area contributed by atoms with Crippen LogP contribution in [0.1, 0.15) is 43.2 Å². The van der Waals surface area contributed by atoms with Crippen molar-refractivity contribution in [3.63, 3.8) is 0 Å². The fraction of sp³-hybridized carbons (Fsp3) is 0.320. The van der Waals surface area contributed by atoms with Gasteiger partial charge in [0, 0.05) is 0 Å². The summed E-state index contributed by atoms with van der Waals surface area (Å²) in [5.74, 6) is -3.03. The van der Waals surface area contributed by atoms with Crippen LogP contribution in [0.4, 0.5) is 17.6 Å². The van der Waals surface area contributed by atoms with Crippen molar-refractivity contribution in [3.8, 4) is 11.1 Å². The second kappa shape index (κ2) is 10.1. The van der Waals surface area contributed by atoms with E-state index in [4.69, 9.17) is 12.2 Å². The van der Waals surface area contributed by atoms with Crippen molar-refractivity contribution >= 4 is 46.3 Å².